The van der Waals surface area contributed by atoms with Gasteiger partial charge >= 0.3 is 0 Å². The van der Waals surface area contributed by atoms with E-state index in [4.69, 9.17) is 0 Å². The van der Waals surface area contributed by atoms with Crippen molar-refractivity contribution in [3.8, 4) is 22.4 Å². The van der Waals surface area contributed by atoms with Gasteiger partial charge in [0.2, 0.25) is 10.0 Å². The summed E-state index contributed by atoms with van der Waals surface area (Å²) in [5.41, 5.74) is 7.54. The first kappa shape index (κ1) is 19.0. The summed E-state index contributed by atoms with van der Waals surface area (Å²) >= 11 is 0. The maximum atomic E-state index is 11.7. The molecule has 0 spiro atoms. The molecule has 2 aromatic heterocycles. The molecule has 0 aliphatic carbocycles. The first-order chi connectivity index (χ1) is 12.6. The topological polar surface area (TPSA) is 84.8 Å². The third kappa shape index (κ3) is 4.31. The summed E-state index contributed by atoms with van der Waals surface area (Å²) in [7, 11) is -3.40. The highest BCUT2D eigenvalue weighted by Gasteiger charge is 2.16. The molecule has 0 aliphatic heterocycles. The molecule has 0 unspecified atom stereocenters. The molecule has 7 heteroatoms. The number of rotatable bonds is 4. The molecule has 0 bridgehead atoms. The molecule has 6 nitrogen and oxygen atoms in total. The van der Waals surface area contributed by atoms with Gasteiger partial charge in [0.25, 0.3) is 0 Å². The van der Waals surface area contributed by atoms with Crippen LogP contribution < -0.4 is 4.72 Å². The number of aromatic nitrogens is 3. The molecule has 2 heterocycles. The molecule has 0 aliphatic rings. The fraction of sp³-hybridized carbons (Fsp3) is 0.250. The summed E-state index contributed by atoms with van der Waals surface area (Å²) in [6.45, 7) is 7.76. The number of nitrogens with one attached hydrogen (secondary N) is 1. The number of nitrogens with zero attached hydrogens (tertiary/aromatic N) is 3. The van der Waals surface area contributed by atoms with E-state index in [-0.39, 0.29) is 0 Å². The van der Waals surface area contributed by atoms with E-state index < -0.39 is 10.0 Å². The summed E-state index contributed by atoms with van der Waals surface area (Å²) in [5, 5.41) is 0. The Morgan fingerprint density at radius 2 is 1.48 bits per heavy atom. The Kier molecular flexibility index (Phi) is 4.97. The number of benzene rings is 1. The lowest BCUT2D eigenvalue weighted by atomic mass is 9.96. The third-order valence-corrected chi connectivity index (χ3v) is 4.79. The molecule has 3 aromatic rings. The van der Waals surface area contributed by atoms with E-state index in [0.717, 1.165) is 45.5 Å². The summed E-state index contributed by atoms with van der Waals surface area (Å²) in [6.07, 6.45) is 4.39. The smallest absolute Gasteiger partial charge is 0.229 e. The predicted molar refractivity (Wildman–Crippen MR) is 108 cm³/mol. The van der Waals surface area contributed by atoms with Crippen LogP contribution in [0.15, 0.2) is 36.8 Å². The number of sulfonamides is 1. The Labute approximate surface area is 159 Å². The molecule has 0 saturated carbocycles. The summed E-state index contributed by atoms with van der Waals surface area (Å²) in [4.78, 5) is 13.2. The van der Waals surface area contributed by atoms with E-state index in [1.807, 2.05) is 20.8 Å². The fourth-order valence-corrected chi connectivity index (χ4v) is 3.73. The summed E-state index contributed by atoms with van der Waals surface area (Å²) < 4.78 is 25.9. The zero-order chi connectivity index (χ0) is 19.8. The van der Waals surface area contributed by atoms with Gasteiger partial charge in [-0.1, -0.05) is 17.2 Å². The first-order valence-electron chi connectivity index (χ1n) is 8.49. The predicted octanol–water partition coefficient (Wildman–Crippen LogP) is 3.81. The van der Waals surface area contributed by atoms with Gasteiger partial charge in [-0.25, -0.2) is 18.4 Å². The van der Waals surface area contributed by atoms with Gasteiger partial charge in [0.05, 0.1) is 23.3 Å². The first-order valence-corrected chi connectivity index (χ1v) is 10.4. The van der Waals surface area contributed by atoms with Gasteiger partial charge in [0.1, 0.15) is 6.33 Å². The van der Waals surface area contributed by atoms with Crippen LogP contribution in [-0.4, -0.2) is 29.6 Å². The number of anilines is 1. The zero-order valence-corrected chi connectivity index (χ0v) is 16.8. The highest BCUT2D eigenvalue weighted by atomic mass is 32.2. The average Bonchev–Trinajstić information content (AvgIpc) is 2.55. The van der Waals surface area contributed by atoms with Crippen LogP contribution in [0.2, 0.25) is 0 Å². The van der Waals surface area contributed by atoms with Gasteiger partial charge in [-0.05, 0) is 45.9 Å². The van der Waals surface area contributed by atoms with Crippen LogP contribution in [0.5, 0.6) is 0 Å². The Balaban J connectivity index is 2.22. The molecule has 0 amide bonds. The molecule has 0 fully saturated rings. The normalized spacial score (nSPS) is 11.4. The van der Waals surface area contributed by atoms with Crippen molar-refractivity contribution in [2.75, 3.05) is 11.0 Å². The number of hydrogen-bond acceptors (Lipinski definition) is 5. The summed E-state index contributed by atoms with van der Waals surface area (Å²) in [5.74, 6) is 0. The highest BCUT2D eigenvalue weighted by molar-refractivity contribution is 7.92. The lowest BCUT2D eigenvalue weighted by Gasteiger charge is -2.14. The van der Waals surface area contributed by atoms with Gasteiger partial charge in [0, 0.05) is 28.6 Å². The largest absolute Gasteiger partial charge is 0.282 e. The lowest BCUT2D eigenvalue weighted by molar-refractivity contribution is 0.606. The van der Waals surface area contributed by atoms with Crippen LogP contribution in [0.1, 0.15) is 22.5 Å². The Morgan fingerprint density at radius 1 is 0.815 bits per heavy atom. The molecule has 0 saturated heterocycles. The quantitative estimate of drug-likeness (QED) is 0.742. The van der Waals surface area contributed by atoms with Gasteiger partial charge in [-0.15, -0.1) is 0 Å². The Morgan fingerprint density at radius 3 is 2.11 bits per heavy atom. The van der Waals surface area contributed by atoms with Crippen molar-refractivity contribution < 1.29 is 8.42 Å². The lowest BCUT2D eigenvalue weighted by Crippen LogP contribution is -2.11. The van der Waals surface area contributed by atoms with E-state index in [1.165, 1.54) is 0 Å². The van der Waals surface area contributed by atoms with Crippen molar-refractivity contribution >= 4 is 15.7 Å². The van der Waals surface area contributed by atoms with Crippen LogP contribution in [0.4, 0.5) is 5.69 Å². The molecule has 0 radical (unpaired) electrons. The van der Waals surface area contributed by atoms with E-state index >= 15 is 0 Å². The third-order valence-electron chi connectivity index (χ3n) is 4.20. The molecule has 0 atom stereocenters. The summed E-state index contributed by atoms with van der Waals surface area (Å²) in [6, 6.07) is 8.05. The monoisotopic (exact) mass is 382 g/mol. The van der Waals surface area contributed by atoms with Gasteiger partial charge in [-0.3, -0.25) is 9.71 Å². The second kappa shape index (κ2) is 7.08. The van der Waals surface area contributed by atoms with Gasteiger partial charge < -0.3 is 0 Å². The zero-order valence-electron chi connectivity index (χ0n) is 16.0. The molecule has 140 valence electrons. The van der Waals surface area contributed by atoms with Crippen LogP contribution in [0.3, 0.4) is 0 Å². The van der Waals surface area contributed by atoms with Crippen LogP contribution in [-0.2, 0) is 10.0 Å². The van der Waals surface area contributed by atoms with Gasteiger partial charge in [-0.2, -0.15) is 0 Å². The van der Waals surface area contributed by atoms with E-state index in [9.17, 15) is 8.42 Å². The van der Waals surface area contributed by atoms with Crippen molar-refractivity contribution in [3.05, 3.63) is 59.3 Å². The standard InChI is InChI=1S/C20H22N4O2S/c1-12-6-13(2)8-16(7-12)20-19(15(4)22-11-23-20)17-9-18(14(3)21-10-17)24-27(5,25)26/h6-11,24H,1-5H3. The Hall–Kier alpha value is -2.80. The molecule has 3 rings (SSSR count). The molecule has 1 N–H and O–H groups in total. The number of pyridine rings is 1. The fourth-order valence-electron chi connectivity index (χ4n) is 3.12. The number of hydrogen-bond donors (Lipinski definition) is 1. The minimum Gasteiger partial charge on any atom is -0.282 e. The molecular formula is C20H22N4O2S. The maximum Gasteiger partial charge on any atom is 0.229 e. The van der Waals surface area contributed by atoms with Gasteiger partial charge in [0.15, 0.2) is 0 Å². The molecule has 27 heavy (non-hydrogen) atoms. The molecule has 1 aromatic carbocycles. The van der Waals surface area contributed by atoms with Crippen LogP contribution in [0.25, 0.3) is 22.4 Å². The second-order valence-corrected chi connectivity index (χ2v) is 8.54. The minimum absolute atomic E-state index is 0.449. The highest BCUT2D eigenvalue weighted by Crippen LogP contribution is 2.34. The van der Waals surface area contributed by atoms with E-state index in [2.05, 4.69) is 37.9 Å². The Bertz CT molecular complexity index is 1100. The van der Waals surface area contributed by atoms with Crippen LogP contribution in [0, 0.1) is 27.7 Å². The van der Waals surface area contributed by atoms with Crippen molar-refractivity contribution in [2.24, 2.45) is 0 Å². The van der Waals surface area contributed by atoms with Crippen molar-refractivity contribution in [2.45, 2.75) is 27.7 Å². The average molecular weight is 382 g/mol. The van der Waals surface area contributed by atoms with Crippen LogP contribution >= 0.6 is 0 Å². The molecular weight excluding hydrogens is 360 g/mol. The van der Waals surface area contributed by atoms with E-state index in [1.54, 1.807) is 25.5 Å². The van der Waals surface area contributed by atoms with Crippen molar-refractivity contribution in [1.82, 2.24) is 15.0 Å². The van der Waals surface area contributed by atoms with E-state index in [0.29, 0.717) is 11.4 Å². The second-order valence-electron chi connectivity index (χ2n) is 6.79. The SMILES string of the molecule is Cc1cc(C)cc(-c2ncnc(C)c2-c2cnc(C)c(NS(C)(=O)=O)c2)c1. The van der Waals surface area contributed by atoms with Crippen molar-refractivity contribution in [3.63, 3.8) is 0 Å². The van der Waals surface area contributed by atoms with Crippen molar-refractivity contribution in [1.29, 1.82) is 0 Å². The minimum atomic E-state index is -3.40. The maximum absolute atomic E-state index is 11.7. The number of aryl methyl sites for hydroxylation is 4.